The maximum atomic E-state index is 13.0. The van der Waals surface area contributed by atoms with Crippen molar-refractivity contribution in [2.75, 3.05) is 18.0 Å². The van der Waals surface area contributed by atoms with E-state index < -0.39 is 0 Å². The Kier molecular flexibility index (Phi) is 3.93. The minimum atomic E-state index is -0.221. The third-order valence-electron chi connectivity index (χ3n) is 8.02. The van der Waals surface area contributed by atoms with E-state index in [-0.39, 0.29) is 5.63 Å². The van der Waals surface area contributed by atoms with Crippen LogP contribution in [-0.4, -0.2) is 13.1 Å². The van der Waals surface area contributed by atoms with Gasteiger partial charge in [0.1, 0.15) is 5.58 Å². The molecule has 1 saturated carbocycles. The van der Waals surface area contributed by atoms with Gasteiger partial charge in [0.05, 0.1) is 5.56 Å². The molecular weight excluding hydrogens is 370 g/mol. The second kappa shape index (κ2) is 6.47. The van der Waals surface area contributed by atoms with E-state index in [1.54, 1.807) is 0 Å². The lowest BCUT2D eigenvalue weighted by Gasteiger charge is -2.37. The van der Waals surface area contributed by atoms with Gasteiger partial charge in [0.15, 0.2) is 0 Å². The smallest absolute Gasteiger partial charge is 0.344 e. The van der Waals surface area contributed by atoms with Crippen molar-refractivity contribution in [1.82, 2.24) is 0 Å². The van der Waals surface area contributed by atoms with E-state index in [1.807, 2.05) is 0 Å². The first-order chi connectivity index (χ1) is 14.5. The van der Waals surface area contributed by atoms with Crippen molar-refractivity contribution in [2.45, 2.75) is 58.3 Å². The van der Waals surface area contributed by atoms with Crippen LogP contribution in [0.1, 0.15) is 62.1 Å². The number of benzene rings is 2. The van der Waals surface area contributed by atoms with E-state index in [1.165, 1.54) is 41.6 Å². The zero-order valence-electron chi connectivity index (χ0n) is 18.0. The van der Waals surface area contributed by atoms with Crippen molar-refractivity contribution >= 4 is 16.7 Å². The molecule has 0 spiro atoms. The first kappa shape index (κ1) is 18.2. The Balaban J connectivity index is 1.44. The quantitative estimate of drug-likeness (QED) is 0.502. The summed E-state index contributed by atoms with van der Waals surface area (Å²) in [5.41, 5.74) is 8.06. The summed E-state index contributed by atoms with van der Waals surface area (Å²) in [6.45, 7) is 6.94. The van der Waals surface area contributed by atoms with Crippen LogP contribution in [0.25, 0.3) is 22.1 Å². The van der Waals surface area contributed by atoms with Gasteiger partial charge in [-0.3, -0.25) is 0 Å². The van der Waals surface area contributed by atoms with Gasteiger partial charge in [-0.25, -0.2) is 4.79 Å². The molecule has 1 aliphatic carbocycles. The number of aryl methyl sites for hydroxylation is 2. The third-order valence-corrected chi connectivity index (χ3v) is 8.02. The fourth-order valence-electron chi connectivity index (χ4n) is 5.63. The Labute approximate surface area is 177 Å². The number of fused-ring (bicyclic) bond motifs is 2. The fraction of sp³-hybridized carbons (Fsp3) is 0.444. The van der Waals surface area contributed by atoms with Gasteiger partial charge in [-0.1, -0.05) is 38.1 Å². The van der Waals surface area contributed by atoms with Crippen LogP contribution in [0.2, 0.25) is 0 Å². The summed E-state index contributed by atoms with van der Waals surface area (Å²) in [7, 11) is 0. The van der Waals surface area contributed by atoms with Crippen LogP contribution in [0.15, 0.2) is 45.6 Å². The van der Waals surface area contributed by atoms with Crippen molar-refractivity contribution in [1.29, 1.82) is 0 Å². The predicted octanol–water partition coefficient (Wildman–Crippen LogP) is 6.06. The molecule has 3 nitrogen and oxygen atoms in total. The summed E-state index contributed by atoms with van der Waals surface area (Å²) in [4.78, 5) is 15.5. The van der Waals surface area contributed by atoms with Crippen LogP contribution >= 0.6 is 0 Å². The van der Waals surface area contributed by atoms with Crippen molar-refractivity contribution in [3.05, 3.63) is 63.5 Å². The summed E-state index contributed by atoms with van der Waals surface area (Å²) in [6.07, 6.45) is 7.09. The van der Waals surface area contributed by atoms with Crippen molar-refractivity contribution < 1.29 is 4.42 Å². The largest absolute Gasteiger partial charge is 0.422 e. The molecule has 6 rings (SSSR count). The van der Waals surface area contributed by atoms with Gasteiger partial charge in [-0.2, -0.15) is 0 Å². The minimum absolute atomic E-state index is 0.221. The van der Waals surface area contributed by atoms with Crippen LogP contribution in [0, 0.1) is 5.41 Å². The molecule has 3 heteroatoms. The molecule has 0 amide bonds. The Morgan fingerprint density at radius 2 is 1.77 bits per heavy atom. The zero-order valence-corrected chi connectivity index (χ0v) is 18.0. The zero-order chi connectivity index (χ0) is 20.5. The van der Waals surface area contributed by atoms with Gasteiger partial charge in [-0.05, 0) is 78.7 Å². The molecule has 2 aromatic carbocycles. The molecule has 1 fully saturated rings. The average molecular weight is 400 g/mol. The van der Waals surface area contributed by atoms with E-state index >= 15 is 0 Å². The lowest BCUT2D eigenvalue weighted by atomic mass is 9.85. The first-order valence-corrected chi connectivity index (χ1v) is 11.5. The highest BCUT2D eigenvalue weighted by atomic mass is 16.4. The number of nitrogens with zero attached hydrogens (tertiary/aromatic N) is 1. The molecule has 0 N–H and O–H groups in total. The number of hydrogen-bond acceptors (Lipinski definition) is 3. The lowest BCUT2D eigenvalue weighted by molar-refractivity contribution is 0.469. The molecule has 0 radical (unpaired) electrons. The van der Waals surface area contributed by atoms with Gasteiger partial charge < -0.3 is 9.32 Å². The SMILES string of the molecule is CC(c1ccc(-c2cc3cc4c5c(c3oc2=O)CCCN5CCC4)cc1)C1(C)CC1. The maximum absolute atomic E-state index is 13.0. The summed E-state index contributed by atoms with van der Waals surface area (Å²) in [5.74, 6) is 0.558. The monoisotopic (exact) mass is 399 g/mol. The Morgan fingerprint density at radius 1 is 1.03 bits per heavy atom. The van der Waals surface area contributed by atoms with Gasteiger partial charge in [0.25, 0.3) is 0 Å². The van der Waals surface area contributed by atoms with Crippen LogP contribution in [-0.2, 0) is 12.8 Å². The molecule has 3 heterocycles. The Bertz CT molecular complexity index is 1200. The summed E-state index contributed by atoms with van der Waals surface area (Å²) in [6, 6.07) is 12.9. The Morgan fingerprint density at radius 3 is 2.50 bits per heavy atom. The van der Waals surface area contributed by atoms with E-state index in [9.17, 15) is 4.79 Å². The molecule has 0 bridgehead atoms. The molecule has 154 valence electrons. The molecule has 1 unspecified atom stereocenters. The van der Waals surface area contributed by atoms with Gasteiger partial charge >= 0.3 is 5.63 Å². The second-order valence-corrected chi connectivity index (χ2v) is 9.92. The molecule has 3 aromatic rings. The molecule has 3 aliphatic rings. The molecule has 1 atom stereocenters. The Hall–Kier alpha value is -2.55. The number of anilines is 1. The molecular formula is C27H29NO2. The van der Waals surface area contributed by atoms with Crippen LogP contribution < -0.4 is 10.5 Å². The summed E-state index contributed by atoms with van der Waals surface area (Å²) in [5, 5.41) is 1.07. The van der Waals surface area contributed by atoms with Crippen LogP contribution in [0.3, 0.4) is 0 Å². The van der Waals surface area contributed by atoms with E-state index in [2.05, 4.69) is 55.1 Å². The van der Waals surface area contributed by atoms with Crippen molar-refractivity contribution in [2.24, 2.45) is 5.41 Å². The summed E-state index contributed by atoms with van der Waals surface area (Å²) < 4.78 is 5.98. The van der Waals surface area contributed by atoms with Crippen molar-refractivity contribution in [3.8, 4) is 11.1 Å². The molecule has 30 heavy (non-hydrogen) atoms. The normalized spacial score (nSPS) is 20.1. The van der Waals surface area contributed by atoms with E-state index in [0.29, 0.717) is 16.9 Å². The van der Waals surface area contributed by atoms with Gasteiger partial charge in [-0.15, -0.1) is 0 Å². The maximum Gasteiger partial charge on any atom is 0.344 e. The molecule has 0 saturated heterocycles. The molecule has 2 aliphatic heterocycles. The minimum Gasteiger partial charge on any atom is -0.422 e. The number of hydrogen-bond donors (Lipinski definition) is 0. The van der Waals surface area contributed by atoms with Gasteiger partial charge in [0.2, 0.25) is 0 Å². The first-order valence-electron chi connectivity index (χ1n) is 11.5. The third kappa shape index (κ3) is 2.74. The standard InChI is InChI=1S/C27H29NO2/c1-17(27(2)11-12-27)18-7-9-19(10-8-18)23-16-21-15-20-5-3-13-28-14-4-6-22(24(20)28)25(21)30-26(23)29/h7-10,15-17H,3-6,11-14H2,1-2H3. The van der Waals surface area contributed by atoms with Crippen molar-refractivity contribution in [3.63, 3.8) is 0 Å². The van der Waals surface area contributed by atoms with Crippen LogP contribution in [0.5, 0.6) is 0 Å². The molecule has 1 aromatic heterocycles. The van der Waals surface area contributed by atoms with E-state index in [4.69, 9.17) is 4.42 Å². The highest BCUT2D eigenvalue weighted by Gasteiger charge is 2.42. The van der Waals surface area contributed by atoms with E-state index in [0.717, 1.165) is 48.9 Å². The average Bonchev–Trinajstić information content (AvgIpc) is 3.52. The number of rotatable bonds is 3. The second-order valence-electron chi connectivity index (χ2n) is 9.92. The van der Waals surface area contributed by atoms with Gasteiger partial charge in [0, 0.05) is 29.7 Å². The fourth-order valence-corrected chi connectivity index (χ4v) is 5.63. The highest BCUT2D eigenvalue weighted by molar-refractivity contribution is 5.90. The topological polar surface area (TPSA) is 33.5 Å². The van der Waals surface area contributed by atoms with Crippen LogP contribution in [0.4, 0.5) is 5.69 Å². The predicted molar refractivity (Wildman–Crippen MR) is 123 cm³/mol. The highest BCUT2D eigenvalue weighted by Crippen LogP contribution is 2.55. The lowest BCUT2D eigenvalue weighted by Crippen LogP contribution is -2.34. The summed E-state index contributed by atoms with van der Waals surface area (Å²) >= 11 is 0.